The zero-order valence-corrected chi connectivity index (χ0v) is 15.0. The minimum Gasteiger partial charge on any atom is -0.353 e. The summed E-state index contributed by atoms with van der Waals surface area (Å²) in [5.41, 5.74) is 0.554. The van der Waals surface area contributed by atoms with Gasteiger partial charge < -0.3 is 5.32 Å². The first-order valence-corrected chi connectivity index (χ1v) is 10.0. The fourth-order valence-corrected chi connectivity index (χ4v) is 4.25. The van der Waals surface area contributed by atoms with Gasteiger partial charge in [-0.1, -0.05) is 25.0 Å². The van der Waals surface area contributed by atoms with E-state index < -0.39 is 10.0 Å². The molecule has 0 saturated heterocycles. The summed E-state index contributed by atoms with van der Waals surface area (Å²) in [5, 5.41) is 2.98. The van der Waals surface area contributed by atoms with Crippen LogP contribution in [0.15, 0.2) is 28.7 Å². The molecule has 0 bridgehead atoms. The highest BCUT2D eigenvalue weighted by molar-refractivity contribution is 9.10. The number of nitrogens with one attached hydrogen (secondary N) is 1. The van der Waals surface area contributed by atoms with Gasteiger partial charge in [0.25, 0.3) is 0 Å². The van der Waals surface area contributed by atoms with Crippen LogP contribution in [0.2, 0.25) is 0 Å². The maximum Gasteiger partial charge on any atom is 0.232 e. The summed E-state index contributed by atoms with van der Waals surface area (Å²) < 4.78 is 26.0. The molecule has 22 heavy (non-hydrogen) atoms. The fourth-order valence-electron chi connectivity index (χ4n) is 2.69. The van der Waals surface area contributed by atoms with Crippen molar-refractivity contribution in [1.29, 1.82) is 0 Å². The monoisotopic (exact) mass is 388 g/mol. The molecule has 1 aliphatic rings. The van der Waals surface area contributed by atoms with Gasteiger partial charge in [-0.05, 0) is 40.9 Å². The van der Waals surface area contributed by atoms with Crippen LogP contribution in [0.4, 0.5) is 5.69 Å². The van der Waals surface area contributed by atoms with Gasteiger partial charge in [-0.25, -0.2) is 8.42 Å². The SMILES string of the molecule is CS(=O)(=O)N(CCC(=O)NC1CCCC1)c1ccccc1Br. The number of hydrogen-bond acceptors (Lipinski definition) is 3. The standard InChI is InChI=1S/C15H21BrN2O3S/c1-22(20,21)18(14-9-5-4-8-13(14)16)11-10-15(19)17-12-6-2-3-7-12/h4-5,8-9,12H,2-3,6-7,10-11H2,1H3,(H,17,19). The molecule has 0 spiro atoms. The van der Waals surface area contributed by atoms with E-state index in [0.29, 0.717) is 10.2 Å². The quantitative estimate of drug-likeness (QED) is 0.814. The van der Waals surface area contributed by atoms with Gasteiger partial charge in [-0.3, -0.25) is 9.10 Å². The number of carbonyl (C=O) groups excluding carboxylic acids is 1. The highest BCUT2D eigenvalue weighted by Crippen LogP contribution is 2.27. The van der Waals surface area contributed by atoms with Gasteiger partial charge in [0.15, 0.2) is 0 Å². The van der Waals surface area contributed by atoms with E-state index in [9.17, 15) is 13.2 Å². The third kappa shape index (κ3) is 4.71. The van der Waals surface area contributed by atoms with Crippen LogP contribution in [0.25, 0.3) is 0 Å². The van der Waals surface area contributed by atoms with Crippen LogP contribution in [0.5, 0.6) is 0 Å². The third-order valence-corrected chi connectivity index (χ3v) is 5.63. The first-order chi connectivity index (χ1) is 10.4. The zero-order valence-electron chi connectivity index (χ0n) is 12.6. The van der Waals surface area contributed by atoms with Crippen molar-refractivity contribution in [3.63, 3.8) is 0 Å². The van der Waals surface area contributed by atoms with Gasteiger partial charge in [0.1, 0.15) is 0 Å². The van der Waals surface area contributed by atoms with Crippen molar-refractivity contribution >= 4 is 37.5 Å². The zero-order chi connectivity index (χ0) is 16.2. The van der Waals surface area contributed by atoms with Gasteiger partial charge in [0.2, 0.25) is 15.9 Å². The first kappa shape index (κ1) is 17.3. The number of benzene rings is 1. The molecule has 1 saturated carbocycles. The summed E-state index contributed by atoms with van der Waals surface area (Å²) in [6.45, 7) is 0.139. The number of halogens is 1. The Kier molecular flexibility index (Phi) is 5.86. The summed E-state index contributed by atoms with van der Waals surface area (Å²) in [5.74, 6) is -0.0902. The van der Waals surface area contributed by atoms with E-state index in [1.165, 1.54) is 4.31 Å². The minimum atomic E-state index is -3.44. The molecular formula is C15H21BrN2O3S. The first-order valence-electron chi connectivity index (χ1n) is 7.39. The second-order valence-electron chi connectivity index (χ2n) is 5.59. The molecule has 7 heteroatoms. The van der Waals surface area contributed by atoms with Gasteiger partial charge in [-0.2, -0.15) is 0 Å². The number of anilines is 1. The Morgan fingerprint density at radius 3 is 2.55 bits per heavy atom. The van der Waals surface area contributed by atoms with Gasteiger partial charge >= 0.3 is 0 Å². The number of rotatable bonds is 6. The van der Waals surface area contributed by atoms with Crippen molar-refractivity contribution in [3.8, 4) is 0 Å². The maximum absolute atomic E-state index is 12.0. The lowest BCUT2D eigenvalue weighted by Crippen LogP contribution is -2.37. The van der Waals surface area contributed by atoms with Crippen molar-refractivity contribution in [3.05, 3.63) is 28.7 Å². The Morgan fingerprint density at radius 1 is 1.32 bits per heavy atom. The summed E-state index contributed by atoms with van der Waals surface area (Å²) in [4.78, 5) is 12.0. The van der Waals surface area contributed by atoms with E-state index in [2.05, 4.69) is 21.2 Å². The normalized spacial score (nSPS) is 15.7. The van der Waals surface area contributed by atoms with Crippen molar-refractivity contribution < 1.29 is 13.2 Å². The molecule has 0 heterocycles. The van der Waals surface area contributed by atoms with Crippen molar-refractivity contribution in [2.45, 2.75) is 38.1 Å². The van der Waals surface area contributed by atoms with E-state index >= 15 is 0 Å². The molecule has 1 fully saturated rings. The molecule has 0 atom stereocenters. The largest absolute Gasteiger partial charge is 0.353 e. The van der Waals surface area contributed by atoms with Crippen LogP contribution in [0.3, 0.4) is 0 Å². The lowest BCUT2D eigenvalue weighted by atomic mass is 10.2. The number of nitrogens with zero attached hydrogens (tertiary/aromatic N) is 1. The van der Waals surface area contributed by atoms with Gasteiger partial charge in [0, 0.05) is 23.5 Å². The molecule has 1 aliphatic carbocycles. The summed E-state index contributed by atoms with van der Waals surface area (Å²) in [6, 6.07) is 7.35. The molecule has 5 nitrogen and oxygen atoms in total. The second kappa shape index (κ2) is 7.46. The Hall–Kier alpha value is -1.08. The number of amides is 1. The van der Waals surface area contributed by atoms with Gasteiger partial charge in [0.05, 0.1) is 11.9 Å². The number of hydrogen-bond donors (Lipinski definition) is 1. The predicted molar refractivity (Wildman–Crippen MR) is 91.3 cm³/mol. The molecule has 122 valence electrons. The van der Waals surface area contributed by atoms with E-state index in [-0.39, 0.29) is 24.9 Å². The van der Waals surface area contributed by atoms with E-state index in [0.717, 1.165) is 31.9 Å². The molecule has 0 aromatic heterocycles. The molecule has 1 N–H and O–H groups in total. The van der Waals surface area contributed by atoms with E-state index in [4.69, 9.17) is 0 Å². The number of para-hydroxylation sites is 1. The van der Waals surface area contributed by atoms with Crippen LogP contribution in [-0.4, -0.2) is 33.2 Å². The average molecular weight is 389 g/mol. The molecule has 0 aliphatic heterocycles. The Balaban J connectivity index is 2.02. The minimum absolute atomic E-state index is 0.0902. The van der Waals surface area contributed by atoms with Crippen LogP contribution < -0.4 is 9.62 Å². The van der Waals surface area contributed by atoms with Crippen molar-refractivity contribution in [2.24, 2.45) is 0 Å². The molecule has 1 aromatic rings. The molecular weight excluding hydrogens is 368 g/mol. The van der Waals surface area contributed by atoms with E-state index in [1.807, 2.05) is 6.07 Å². The second-order valence-corrected chi connectivity index (χ2v) is 8.35. The van der Waals surface area contributed by atoms with Crippen LogP contribution in [-0.2, 0) is 14.8 Å². The number of sulfonamides is 1. The summed E-state index contributed by atoms with van der Waals surface area (Å²) in [6.07, 6.45) is 5.65. The molecule has 2 rings (SSSR count). The predicted octanol–water partition coefficient (Wildman–Crippen LogP) is 2.66. The molecule has 1 amide bonds. The van der Waals surface area contributed by atoms with Gasteiger partial charge in [-0.15, -0.1) is 0 Å². The lowest BCUT2D eigenvalue weighted by Gasteiger charge is -2.23. The Bertz CT molecular complexity index is 627. The Labute approximate surface area is 140 Å². The third-order valence-electron chi connectivity index (χ3n) is 3.78. The lowest BCUT2D eigenvalue weighted by molar-refractivity contribution is -0.121. The smallest absolute Gasteiger partial charge is 0.232 e. The highest BCUT2D eigenvalue weighted by atomic mass is 79.9. The molecule has 1 aromatic carbocycles. The Morgan fingerprint density at radius 2 is 1.95 bits per heavy atom. The molecule has 0 unspecified atom stereocenters. The highest BCUT2D eigenvalue weighted by Gasteiger charge is 2.22. The van der Waals surface area contributed by atoms with Crippen molar-refractivity contribution in [1.82, 2.24) is 5.32 Å². The summed E-state index contributed by atoms with van der Waals surface area (Å²) >= 11 is 3.36. The fraction of sp³-hybridized carbons (Fsp3) is 0.533. The molecule has 0 radical (unpaired) electrons. The summed E-state index contributed by atoms with van der Waals surface area (Å²) in [7, 11) is -3.44. The van der Waals surface area contributed by atoms with Crippen molar-refractivity contribution in [2.75, 3.05) is 17.1 Å². The van der Waals surface area contributed by atoms with Crippen LogP contribution in [0, 0.1) is 0 Å². The number of carbonyl (C=O) groups is 1. The van der Waals surface area contributed by atoms with E-state index in [1.54, 1.807) is 18.2 Å². The average Bonchev–Trinajstić information content (AvgIpc) is 2.92. The van der Waals surface area contributed by atoms with Crippen LogP contribution in [0.1, 0.15) is 32.1 Å². The maximum atomic E-state index is 12.0. The van der Waals surface area contributed by atoms with Crippen LogP contribution >= 0.6 is 15.9 Å². The topological polar surface area (TPSA) is 66.5 Å².